The molecule has 2 rings (SSSR count). The van der Waals surface area contributed by atoms with Gasteiger partial charge in [0, 0.05) is 19.2 Å². The summed E-state index contributed by atoms with van der Waals surface area (Å²) in [5, 5.41) is 6.52. The highest BCUT2D eigenvalue weighted by molar-refractivity contribution is 7.89. The minimum absolute atomic E-state index is 0.0206. The number of H-pyrrole nitrogens is 1. The van der Waals surface area contributed by atoms with Crippen molar-refractivity contribution < 1.29 is 12.8 Å². The Labute approximate surface area is 122 Å². The van der Waals surface area contributed by atoms with Crippen LogP contribution >= 0.6 is 0 Å². The Morgan fingerprint density at radius 3 is 2.71 bits per heavy atom. The monoisotopic (exact) mass is 313 g/mol. The number of nitrogens with one attached hydrogen (secondary N) is 1. The summed E-state index contributed by atoms with van der Waals surface area (Å²) in [6.45, 7) is 1.49. The molecule has 0 radical (unpaired) electrons. The van der Waals surface area contributed by atoms with Crippen molar-refractivity contribution in [3.8, 4) is 0 Å². The van der Waals surface area contributed by atoms with E-state index in [2.05, 4.69) is 15.2 Å². The maximum absolute atomic E-state index is 13.7. The number of nitrogens with zero attached hydrogens (tertiary/aromatic N) is 3. The summed E-state index contributed by atoms with van der Waals surface area (Å²) in [4.78, 5) is 3.91. The largest absolute Gasteiger partial charge is 0.326 e. The molecule has 114 valence electrons. The van der Waals surface area contributed by atoms with Gasteiger partial charge in [-0.1, -0.05) is 6.07 Å². The Morgan fingerprint density at radius 2 is 2.14 bits per heavy atom. The molecule has 1 aromatic carbocycles. The number of rotatable bonds is 5. The number of aryl methyl sites for hydroxylation is 1. The van der Waals surface area contributed by atoms with E-state index in [4.69, 9.17) is 5.73 Å². The van der Waals surface area contributed by atoms with Gasteiger partial charge in [-0.2, -0.15) is 9.40 Å². The van der Waals surface area contributed by atoms with Crippen LogP contribution < -0.4 is 5.73 Å². The molecule has 0 aliphatic rings. The van der Waals surface area contributed by atoms with Gasteiger partial charge in [-0.15, -0.1) is 0 Å². The molecule has 0 bridgehead atoms. The first-order chi connectivity index (χ1) is 9.86. The summed E-state index contributed by atoms with van der Waals surface area (Å²) in [6.07, 6.45) is 0. The van der Waals surface area contributed by atoms with Gasteiger partial charge < -0.3 is 5.73 Å². The molecule has 21 heavy (non-hydrogen) atoms. The lowest BCUT2D eigenvalue weighted by atomic mass is 10.2. The lowest BCUT2D eigenvalue weighted by molar-refractivity contribution is 0.455. The first-order valence-electron chi connectivity index (χ1n) is 6.18. The Bertz CT molecular complexity index is 744. The van der Waals surface area contributed by atoms with Crippen molar-refractivity contribution in [3.63, 3.8) is 0 Å². The van der Waals surface area contributed by atoms with Crippen LogP contribution in [0.2, 0.25) is 0 Å². The molecule has 1 aromatic heterocycles. The van der Waals surface area contributed by atoms with Crippen LogP contribution in [0.25, 0.3) is 0 Å². The van der Waals surface area contributed by atoms with E-state index in [1.165, 1.54) is 25.2 Å². The number of hydrogen-bond donors (Lipinski definition) is 2. The van der Waals surface area contributed by atoms with Crippen molar-refractivity contribution in [1.82, 2.24) is 19.5 Å². The fourth-order valence-electron chi connectivity index (χ4n) is 1.89. The summed E-state index contributed by atoms with van der Waals surface area (Å²) >= 11 is 0. The van der Waals surface area contributed by atoms with Crippen LogP contribution in [0.1, 0.15) is 17.2 Å². The first-order valence-corrected chi connectivity index (χ1v) is 7.62. The Hall–Kier alpha value is -1.84. The van der Waals surface area contributed by atoms with Crippen LogP contribution in [0.15, 0.2) is 23.1 Å². The molecule has 0 spiro atoms. The number of sulfonamides is 1. The van der Waals surface area contributed by atoms with Crippen molar-refractivity contribution in [2.75, 3.05) is 7.05 Å². The third-order valence-corrected chi connectivity index (χ3v) is 4.86. The van der Waals surface area contributed by atoms with Gasteiger partial charge in [-0.3, -0.25) is 5.10 Å². The molecule has 0 amide bonds. The molecular weight excluding hydrogens is 297 g/mol. The van der Waals surface area contributed by atoms with E-state index in [1.54, 1.807) is 6.92 Å². The van der Waals surface area contributed by atoms with E-state index in [1.807, 2.05) is 0 Å². The quantitative estimate of drug-likeness (QED) is 0.838. The van der Waals surface area contributed by atoms with Gasteiger partial charge in [0.25, 0.3) is 0 Å². The number of benzene rings is 1. The van der Waals surface area contributed by atoms with Crippen LogP contribution in [-0.4, -0.2) is 35.0 Å². The normalized spacial score (nSPS) is 12.0. The van der Waals surface area contributed by atoms with Gasteiger partial charge >= 0.3 is 0 Å². The molecule has 7 nitrogen and oxygen atoms in total. The van der Waals surface area contributed by atoms with Gasteiger partial charge in [-0.25, -0.2) is 17.8 Å². The van der Waals surface area contributed by atoms with E-state index >= 15 is 0 Å². The minimum atomic E-state index is -3.87. The SMILES string of the molecule is Cc1nc(CN(C)S(=O)(=O)c2cccc(F)c2CN)n[nH]1. The first kappa shape index (κ1) is 15.5. The van der Waals surface area contributed by atoms with Crippen molar-refractivity contribution in [2.45, 2.75) is 24.9 Å². The molecule has 0 fully saturated rings. The third kappa shape index (κ3) is 3.09. The lowest BCUT2D eigenvalue weighted by Gasteiger charge is -2.17. The van der Waals surface area contributed by atoms with Crippen LogP contribution in [0.4, 0.5) is 4.39 Å². The highest BCUT2D eigenvalue weighted by Gasteiger charge is 2.26. The predicted octanol–water partition coefficient (Wildman–Crippen LogP) is 0.532. The van der Waals surface area contributed by atoms with E-state index in [-0.39, 0.29) is 23.5 Å². The van der Waals surface area contributed by atoms with E-state index < -0.39 is 15.8 Å². The topological polar surface area (TPSA) is 105 Å². The zero-order chi connectivity index (χ0) is 15.6. The second-order valence-electron chi connectivity index (χ2n) is 4.52. The smallest absolute Gasteiger partial charge is 0.243 e. The van der Waals surface area contributed by atoms with Gasteiger partial charge in [0.15, 0.2) is 5.82 Å². The molecule has 0 aliphatic heterocycles. The fraction of sp³-hybridized carbons (Fsp3) is 0.333. The molecule has 0 atom stereocenters. The van der Waals surface area contributed by atoms with Crippen molar-refractivity contribution in [3.05, 3.63) is 41.2 Å². The second kappa shape index (κ2) is 5.88. The summed E-state index contributed by atoms with van der Waals surface area (Å²) in [7, 11) is -2.49. The standard InChI is InChI=1S/C12H16FN5O2S/c1-8-15-12(17-16-8)7-18(2)21(19,20)11-5-3-4-10(13)9(11)6-14/h3-5H,6-7,14H2,1-2H3,(H,15,16,17). The second-order valence-corrected chi connectivity index (χ2v) is 6.53. The fourth-order valence-corrected chi connectivity index (χ4v) is 3.25. The van der Waals surface area contributed by atoms with Gasteiger partial charge in [0.2, 0.25) is 10.0 Å². The van der Waals surface area contributed by atoms with Crippen LogP contribution in [0.3, 0.4) is 0 Å². The molecule has 3 N–H and O–H groups in total. The molecular formula is C12H16FN5O2S. The summed E-state index contributed by atoms with van der Waals surface area (Å²) in [5.74, 6) is 0.286. The summed E-state index contributed by atoms with van der Waals surface area (Å²) < 4.78 is 39.8. The van der Waals surface area contributed by atoms with E-state index in [9.17, 15) is 12.8 Å². The lowest BCUT2D eigenvalue weighted by Crippen LogP contribution is -2.28. The average molecular weight is 313 g/mol. The summed E-state index contributed by atoms with van der Waals surface area (Å²) in [6, 6.07) is 3.85. The molecule has 2 aromatic rings. The molecule has 9 heteroatoms. The Morgan fingerprint density at radius 1 is 1.43 bits per heavy atom. The Balaban J connectivity index is 2.35. The van der Waals surface area contributed by atoms with Crippen LogP contribution in [0, 0.1) is 12.7 Å². The van der Waals surface area contributed by atoms with E-state index in [0.29, 0.717) is 11.6 Å². The Kier molecular flexibility index (Phi) is 4.35. The van der Waals surface area contributed by atoms with Crippen molar-refractivity contribution >= 4 is 10.0 Å². The zero-order valence-electron chi connectivity index (χ0n) is 11.7. The number of halogens is 1. The summed E-state index contributed by atoms with van der Waals surface area (Å²) in [5.41, 5.74) is 5.42. The van der Waals surface area contributed by atoms with Crippen molar-refractivity contribution in [1.29, 1.82) is 0 Å². The van der Waals surface area contributed by atoms with Gasteiger partial charge in [0.1, 0.15) is 11.6 Å². The number of aromatic amines is 1. The maximum atomic E-state index is 13.7. The highest BCUT2D eigenvalue weighted by Crippen LogP contribution is 2.22. The van der Waals surface area contributed by atoms with Crippen LogP contribution in [-0.2, 0) is 23.1 Å². The van der Waals surface area contributed by atoms with E-state index in [0.717, 1.165) is 4.31 Å². The van der Waals surface area contributed by atoms with Gasteiger partial charge in [-0.05, 0) is 19.1 Å². The van der Waals surface area contributed by atoms with Crippen molar-refractivity contribution in [2.24, 2.45) is 5.73 Å². The zero-order valence-corrected chi connectivity index (χ0v) is 12.5. The number of nitrogens with two attached hydrogens (primary N) is 1. The van der Waals surface area contributed by atoms with Gasteiger partial charge in [0.05, 0.1) is 11.4 Å². The minimum Gasteiger partial charge on any atom is -0.326 e. The average Bonchev–Trinajstić information content (AvgIpc) is 2.83. The highest BCUT2D eigenvalue weighted by atomic mass is 32.2. The molecule has 0 unspecified atom stereocenters. The number of hydrogen-bond acceptors (Lipinski definition) is 5. The molecule has 0 saturated heterocycles. The molecule has 0 aliphatic carbocycles. The van der Waals surface area contributed by atoms with Crippen LogP contribution in [0.5, 0.6) is 0 Å². The maximum Gasteiger partial charge on any atom is 0.243 e. The number of aromatic nitrogens is 3. The predicted molar refractivity (Wildman–Crippen MR) is 74.1 cm³/mol. The third-order valence-electron chi connectivity index (χ3n) is 2.98. The molecule has 0 saturated carbocycles. The molecule has 1 heterocycles.